The molecule has 0 aliphatic carbocycles. The molecule has 0 saturated carbocycles. The van der Waals surface area contributed by atoms with E-state index >= 15 is 0 Å². The van der Waals surface area contributed by atoms with Crippen molar-refractivity contribution in [3.63, 3.8) is 0 Å². The molecule has 1 amide bonds. The Kier molecular flexibility index (Phi) is 7.33. The summed E-state index contributed by atoms with van der Waals surface area (Å²) in [5, 5.41) is 2.71. The monoisotopic (exact) mass is 266 g/mol. The summed E-state index contributed by atoms with van der Waals surface area (Å²) in [5.41, 5.74) is 0. The van der Waals surface area contributed by atoms with Crippen LogP contribution in [0.4, 0.5) is 0 Å². The van der Waals surface area contributed by atoms with Crippen molar-refractivity contribution in [2.24, 2.45) is 0 Å². The van der Waals surface area contributed by atoms with Gasteiger partial charge in [0.15, 0.2) is 0 Å². The van der Waals surface area contributed by atoms with E-state index in [1.807, 2.05) is 13.8 Å². The fraction of sp³-hybridized carbons (Fsp3) is 0.900. The zero-order valence-corrected chi connectivity index (χ0v) is 11.7. The number of nitrogens with one attached hydrogen (secondary N) is 1. The van der Waals surface area contributed by atoms with Crippen molar-refractivity contribution in [3.05, 3.63) is 0 Å². The molecule has 0 rings (SSSR count). The van der Waals surface area contributed by atoms with Gasteiger partial charge in [0.1, 0.15) is 0 Å². The molecule has 0 heterocycles. The highest BCUT2D eigenvalue weighted by Crippen LogP contribution is 1.99. The van der Waals surface area contributed by atoms with Crippen molar-refractivity contribution in [1.29, 1.82) is 0 Å². The van der Waals surface area contributed by atoms with Crippen LogP contribution in [0, 0.1) is 0 Å². The highest BCUT2D eigenvalue weighted by atomic mass is 32.2. The highest BCUT2D eigenvalue weighted by Gasteiger charge is 2.17. The Morgan fingerprint density at radius 1 is 1.35 bits per heavy atom. The van der Waals surface area contributed by atoms with Crippen molar-refractivity contribution in [2.75, 3.05) is 33.1 Å². The zero-order valence-electron chi connectivity index (χ0n) is 10.9. The van der Waals surface area contributed by atoms with Crippen LogP contribution in [0.2, 0.25) is 0 Å². The van der Waals surface area contributed by atoms with Crippen molar-refractivity contribution in [1.82, 2.24) is 9.62 Å². The van der Waals surface area contributed by atoms with Crippen LogP contribution in [0.3, 0.4) is 0 Å². The molecular formula is C10H22N2O4S. The summed E-state index contributed by atoms with van der Waals surface area (Å²) in [4.78, 5) is 11.4. The lowest BCUT2D eigenvalue weighted by atomic mass is 10.3. The molecule has 0 aromatic carbocycles. The van der Waals surface area contributed by atoms with Gasteiger partial charge >= 0.3 is 0 Å². The number of methoxy groups -OCH3 is 1. The predicted molar refractivity (Wildman–Crippen MR) is 66.2 cm³/mol. The van der Waals surface area contributed by atoms with Crippen LogP contribution in [0.1, 0.15) is 20.3 Å². The first-order valence-corrected chi connectivity index (χ1v) is 7.35. The van der Waals surface area contributed by atoms with Gasteiger partial charge < -0.3 is 10.1 Å². The third-order valence-electron chi connectivity index (χ3n) is 2.05. The molecule has 0 aromatic rings. The summed E-state index contributed by atoms with van der Waals surface area (Å²) in [6.45, 7) is 4.48. The average molecular weight is 266 g/mol. The van der Waals surface area contributed by atoms with E-state index in [9.17, 15) is 13.2 Å². The summed E-state index contributed by atoms with van der Waals surface area (Å²) in [7, 11) is -1.78. The van der Waals surface area contributed by atoms with Gasteiger partial charge in [0, 0.05) is 32.7 Å². The average Bonchev–Trinajstić information content (AvgIpc) is 2.14. The van der Waals surface area contributed by atoms with Gasteiger partial charge in [-0.05, 0) is 13.8 Å². The maximum absolute atomic E-state index is 11.4. The molecule has 1 N–H and O–H groups in total. The third-order valence-corrected chi connectivity index (χ3v) is 3.35. The molecule has 102 valence electrons. The van der Waals surface area contributed by atoms with E-state index < -0.39 is 10.0 Å². The standard InChI is InChI=1S/C10H22N2O4S/c1-9(2)11-10(13)5-6-12(7-8-16-3)17(4,14)15/h9H,5-8H2,1-4H3,(H,11,13). The minimum Gasteiger partial charge on any atom is -0.383 e. The Hall–Kier alpha value is -0.660. The second-order valence-corrected chi connectivity index (χ2v) is 6.11. The summed E-state index contributed by atoms with van der Waals surface area (Å²) < 4.78 is 28.9. The molecule has 0 fully saturated rings. The maximum Gasteiger partial charge on any atom is 0.221 e. The molecular weight excluding hydrogens is 244 g/mol. The van der Waals surface area contributed by atoms with Crippen LogP contribution >= 0.6 is 0 Å². The number of rotatable bonds is 8. The Bertz CT molecular complexity index is 327. The quantitative estimate of drug-likeness (QED) is 0.660. The summed E-state index contributed by atoms with van der Waals surface area (Å²) >= 11 is 0. The molecule has 7 heteroatoms. The Labute approximate surface area is 103 Å². The lowest BCUT2D eigenvalue weighted by Crippen LogP contribution is -2.38. The summed E-state index contributed by atoms with van der Waals surface area (Å²) in [6, 6.07) is 0.0631. The van der Waals surface area contributed by atoms with Gasteiger partial charge in [-0.15, -0.1) is 0 Å². The molecule has 0 bridgehead atoms. The first-order valence-electron chi connectivity index (χ1n) is 5.50. The van der Waals surface area contributed by atoms with Gasteiger partial charge in [-0.3, -0.25) is 4.79 Å². The lowest BCUT2D eigenvalue weighted by Gasteiger charge is -2.19. The SMILES string of the molecule is COCCN(CCC(=O)NC(C)C)S(C)(=O)=O. The van der Waals surface area contributed by atoms with Crippen LogP contribution in [0.25, 0.3) is 0 Å². The lowest BCUT2D eigenvalue weighted by molar-refractivity contribution is -0.121. The Morgan fingerprint density at radius 2 is 1.94 bits per heavy atom. The Balaban J connectivity index is 4.22. The minimum atomic E-state index is -3.29. The van der Waals surface area contributed by atoms with Gasteiger partial charge in [0.05, 0.1) is 12.9 Å². The highest BCUT2D eigenvalue weighted by molar-refractivity contribution is 7.88. The van der Waals surface area contributed by atoms with Gasteiger partial charge in [-0.2, -0.15) is 4.31 Å². The maximum atomic E-state index is 11.4. The molecule has 0 aliphatic rings. The topological polar surface area (TPSA) is 75.7 Å². The molecule has 17 heavy (non-hydrogen) atoms. The normalized spacial score (nSPS) is 12.1. The first kappa shape index (κ1) is 16.3. The fourth-order valence-corrected chi connectivity index (χ4v) is 2.09. The van der Waals surface area contributed by atoms with Gasteiger partial charge in [0.25, 0.3) is 0 Å². The van der Waals surface area contributed by atoms with Crippen LogP contribution in [-0.4, -0.2) is 57.7 Å². The number of nitrogens with zero attached hydrogens (tertiary/aromatic N) is 1. The zero-order chi connectivity index (χ0) is 13.5. The fourth-order valence-electron chi connectivity index (χ4n) is 1.26. The molecule has 0 aliphatic heterocycles. The summed E-state index contributed by atoms with van der Waals surface area (Å²) in [6.07, 6.45) is 1.29. The van der Waals surface area contributed by atoms with Crippen LogP contribution in [-0.2, 0) is 19.6 Å². The van der Waals surface area contributed by atoms with Crippen LogP contribution in [0.15, 0.2) is 0 Å². The second-order valence-electron chi connectivity index (χ2n) is 4.13. The van der Waals surface area contributed by atoms with E-state index in [0.717, 1.165) is 6.26 Å². The van der Waals surface area contributed by atoms with Crippen molar-refractivity contribution < 1.29 is 17.9 Å². The largest absolute Gasteiger partial charge is 0.383 e. The number of carbonyl (C=O) groups excluding carboxylic acids is 1. The Morgan fingerprint density at radius 3 is 2.35 bits per heavy atom. The van der Waals surface area contributed by atoms with E-state index in [0.29, 0.717) is 6.61 Å². The van der Waals surface area contributed by atoms with E-state index in [4.69, 9.17) is 4.74 Å². The molecule has 6 nitrogen and oxygen atoms in total. The number of amides is 1. The first-order chi connectivity index (χ1) is 7.77. The van der Waals surface area contributed by atoms with E-state index in [1.165, 1.54) is 11.4 Å². The molecule has 0 saturated heterocycles. The second kappa shape index (κ2) is 7.62. The molecule has 0 atom stereocenters. The third kappa shape index (κ3) is 8.12. The van der Waals surface area contributed by atoms with Crippen LogP contribution < -0.4 is 5.32 Å². The smallest absolute Gasteiger partial charge is 0.221 e. The van der Waals surface area contributed by atoms with Crippen molar-refractivity contribution in [2.45, 2.75) is 26.3 Å². The number of carbonyl (C=O) groups is 1. The number of hydrogen-bond donors (Lipinski definition) is 1. The van der Waals surface area contributed by atoms with Crippen LogP contribution in [0.5, 0.6) is 0 Å². The van der Waals surface area contributed by atoms with E-state index in [1.54, 1.807) is 0 Å². The number of sulfonamides is 1. The van der Waals surface area contributed by atoms with Gasteiger partial charge in [-0.1, -0.05) is 0 Å². The number of hydrogen-bond acceptors (Lipinski definition) is 4. The van der Waals surface area contributed by atoms with Gasteiger partial charge in [-0.25, -0.2) is 8.42 Å². The molecule has 0 spiro atoms. The minimum absolute atomic E-state index is 0.0631. The predicted octanol–water partition coefficient (Wildman–Crippen LogP) is -0.191. The summed E-state index contributed by atoms with van der Waals surface area (Å²) in [5.74, 6) is -0.147. The van der Waals surface area contributed by atoms with E-state index in [-0.39, 0.29) is 31.5 Å². The van der Waals surface area contributed by atoms with Crippen molar-refractivity contribution >= 4 is 15.9 Å². The molecule has 0 radical (unpaired) electrons. The van der Waals surface area contributed by atoms with Crippen molar-refractivity contribution in [3.8, 4) is 0 Å². The molecule has 0 unspecified atom stereocenters. The number of ether oxygens (including phenoxy) is 1. The van der Waals surface area contributed by atoms with E-state index in [2.05, 4.69) is 5.32 Å². The molecule has 0 aromatic heterocycles. The van der Waals surface area contributed by atoms with Gasteiger partial charge in [0.2, 0.25) is 15.9 Å².